The molecule has 0 aliphatic heterocycles. The van der Waals surface area contributed by atoms with Crippen molar-refractivity contribution in [3.63, 3.8) is 0 Å². The van der Waals surface area contributed by atoms with Crippen molar-refractivity contribution < 1.29 is 24.3 Å². The van der Waals surface area contributed by atoms with Gasteiger partial charge in [0.05, 0.1) is 34.0 Å². The smallest absolute Gasteiger partial charge is 0.164 e. The lowest BCUT2D eigenvalue weighted by atomic mass is 10.1. The number of ether oxygens (including phenoxy) is 4. The van der Waals surface area contributed by atoms with Gasteiger partial charge in [-0.2, -0.15) is 0 Å². The monoisotopic (exact) mass is 318 g/mol. The highest BCUT2D eigenvalue weighted by Gasteiger charge is 2.13. The molecule has 0 aliphatic rings. The third-order valence-corrected chi connectivity index (χ3v) is 3.69. The highest BCUT2D eigenvalue weighted by Crippen LogP contribution is 2.34. The van der Waals surface area contributed by atoms with Gasteiger partial charge in [0.1, 0.15) is 24.6 Å². The zero-order valence-corrected chi connectivity index (χ0v) is 14.1. The van der Waals surface area contributed by atoms with Gasteiger partial charge in [0.25, 0.3) is 0 Å². The van der Waals surface area contributed by atoms with Crippen molar-refractivity contribution >= 4 is 0 Å². The molecule has 2 N–H and O–H groups in total. The van der Waals surface area contributed by atoms with Gasteiger partial charge in [-0.3, -0.25) is 0 Å². The highest BCUT2D eigenvalue weighted by molar-refractivity contribution is 5.50. The molecule has 0 aromatic heterocycles. The van der Waals surface area contributed by atoms with Crippen LogP contribution in [-0.4, -0.2) is 28.4 Å². The maximum absolute atomic E-state index is 5.45. The largest absolute Gasteiger partial charge is 0.497 e. The number of hydrogen-bond donors (Lipinski definition) is 1. The summed E-state index contributed by atoms with van der Waals surface area (Å²) in [4.78, 5) is 0. The van der Waals surface area contributed by atoms with Crippen LogP contribution in [0, 0.1) is 0 Å². The van der Waals surface area contributed by atoms with Gasteiger partial charge >= 0.3 is 0 Å². The SMILES string of the molecule is COc1ccc(C[NH2+]Cc2cc(OC)c(OC)cc2OC)cc1. The molecule has 23 heavy (non-hydrogen) atoms. The second kappa shape index (κ2) is 8.29. The molecule has 0 saturated heterocycles. The minimum Gasteiger partial charge on any atom is -0.497 e. The van der Waals surface area contributed by atoms with Crippen LogP contribution in [0.4, 0.5) is 0 Å². The molecule has 2 rings (SSSR count). The molecule has 0 heterocycles. The van der Waals surface area contributed by atoms with Gasteiger partial charge in [-0.05, 0) is 30.3 Å². The first kappa shape index (κ1) is 17.0. The Balaban J connectivity index is 2.03. The normalized spacial score (nSPS) is 10.3. The summed E-state index contributed by atoms with van der Waals surface area (Å²) in [5, 5.41) is 2.21. The standard InChI is InChI=1S/C18H23NO4/c1-20-15-7-5-13(6-8-15)11-19-12-14-9-17(22-3)18(23-4)10-16(14)21-2/h5-10,19H,11-12H2,1-4H3/p+1. The predicted molar refractivity (Wildman–Crippen MR) is 88.4 cm³/mol. The number of hydrogen-bond acceptors (Lipinski definition) is 4. The van der Waals surface area contributed by atoms with Gasteiger partial charge in [0.2, 0.25) is 0 Å². The van der Waals surface area contributed by atoms with Crippen molar-refractivity contribution in [2.45, 2.75) is 13.1 Å². The number of nitrogens with two attached hydrogens (primary N) is 1. The van der Waals surface area contributed by atoms with Crippen LogP contribution in [0.2, 0.25) is 0 Å². The lowest BCUT2D eigenvalue weighted by molar-refractivity contribution is -0.686. The molecule has 0 bridgehead atoms. The molecule has 124 valence electrons. The number of methoxy groups -OCH3 is 4. The Labute approximate surface area is 137 Å². The van der Waals surface area contributed by atoms with Gasteiger partial charge in [-0.1, -0.05) is 0 Å². The zero-order valence-electron chi connectivity index (χ0n) is 14.1. The number of quaternary nitrogens is 1. The molecular formula is C18H24NO4+. The van der Waals surface area contributed by atoms with E-state index in [0.29, 0.717) is 11.5 Å². The van der Waals surface area contributed by atoms with Gasteiger partial charge in [-0.15, -0.1) is 0 Å². The fourth-order valence-electron chi connectivity index (χ4n) is 2.41. The van der Waals surface area contributed by atoms with Crippen molar-refractivity contribution in [2.75, 3.05) is 28.4 Å². The number of rotatable bonds is 8. The molecule has 0 fully saturated rings. The molecule has 0 unspecified atom stereocenters. The summed E-state index contributed by atoms with van der Waals surface area (Å²) in [6.07, 6.45) is 0. The van der Waals surface area contributed by atoms with Crippen molar-refractivity contribution in [3.8, 4) is 23.0 Å². The molecule has 0 amide bonds. The van der Waals surface area contributed by atoms with Crippen LogP contribution >= 0.6 is 0 Å². The Kier molecular flexibility index (Phi) is 6.11. The van der Waals surface area contributed by atoms with Crippen LogP contribution in [-0.2, 0) is 13.1 Å². The van der Waals surface area contributed by atoms with E-state index >= 15 is 0 Å². The maximum Gasteiger partial charge on any atom is 0.164 e. The second-order valence-corrected chi connectivity index (χ2v) is 5.06. The molecule has 2 aromatic carbocycles. The van der Waals surface area contributed by atoms with E-state index in [1.54, 1.807) is 28.4 Å². The molecule has 5 heteroatoms. The molecule has 0 spiro atoms. The van der Waals surface area contributed by atoms with E-state index in [1.807, 2.05) is 24.3 Å². The lowest BCUT2D eigenvalue weighted by Crippen LogP contribution is -2.80. The van der Waals surface area contributed by atoms with E-state index in [-0.39, 0.29) is 0 Å². The molecule has 0 saturated carbocycles. The Morgan fingerprint density at radius 2 is 1.30 bits per heavy atom. The first-order chi connectivity index (χ1) is 11.2. The van der Waals surface area contributed by atoms with E-state index in [9.17, 15) is 0 Å². The van der Waals surface area contributed by atoms with Crippen LogP contribution in [0.3, 0.4) is 0 Å². The van der Waals surface area contributed by atoms with Gasteiger partial charge in [0, 0.05) is 11.6 Å². The summed E-state index contributed by atoms with van der Waals surface area (Å²) >= 11 is 0. The molecule has 0 aliphatic carbocycles. The fourth-order valence-corrected chi connectivity index (χ4v) is 2.41. The first-order valence-electron chi connectivity index (χ1n) is 7.45. The van der Waals surface area contributed by atoms with Crippen molar-refractivity contribution in [1.29, 1.82) is 0 Å². The summed E-state index contributed by atoms with van der Waals surface area (Å²) in [7, 11) is 6.58. The van der Waals surface area contributed by atoms with Crippen LogP contribution in [0.25, 0.3) is 0 Å². The van der Waals surface area contributed by atoms with E-state index < -0.39 is 0 Å². The van der Waals surface area contributed by atoms with Crippen LogP contribution in [0.1, 0.15) is 11.1 Å². The molecule has 0 atom stereocenters. The maximum atomic E-state index is 5.45. The minimum atomic E-state index is 0.670. The Morgan fingerprint density at radius 1 is 0.696 bits per heavy atom. The second-order valence-electron chi connectivity index (χ2n) is 5.06. The summed E-state index contributed by atoms with van der Waals surface area (Å²) in [5.41, 5.74) is 2.31. The predicted octanol–water partition coefficient (Wildman–Crippen LogP) is 1.98. The van der Waals surface area contributed by atoms with E-state index in [0.717, 1.165) is 30.2 Å². The third kappa shape index (κ3) is 4.29. The van der Waals surface area contributed by atoms with Crippen molar-refractivity contribution in [1.82, 2.24) is 0 Å². The molecular weight excluding hydrogens is 294 g/mol. The number of benzene rings is 2. The summed E-state index contributed by atoms with van der Waals surface area (Å²) in [5.74, 6) is 3.05. The molecule has 5 nitrogen and oxygen atoms in total. The van der Waals surface area contributed by atoms with Gasteiger partial charge in [0.15, 0.2) is 11.5 Å². The molecule has 0 radical (unpaired) electrons. The van der Waals surface area contributed by atoms with Gasteiger partial charge < -0.3 is 24.3 Å². The Morgan fingerprint density at radius 3 is 1.87 bits per heavy atom. The van der Waals surface area contributed by atoms with Crippen LogP contribution < -0.4 is 24.3 Å². The topological polar surface area (TPSA) is 53.5 Å². The quantitative estimate of drug-likeness (QED) is 0.809. The minimum absolute atomic E-state index is 0.670. The Bertz CT molecular complexity index is 626. The van der Waals surface area contributed by atoms with Crippen molar-refractivity contribution in [2.24, 2.45) is 0 Å². The van der Waals surface area contributed by atoms with Crippen molar-refractivity contribution in [3.05, 3.63) is 47.5 Å². The van der Waals surface area contributed by atoms with Gasteiger partial charge in [-0.25, -0.2) is 0 Å². The third-order valence-electron chi connectivity index (χ3n) is 3.69. The lowest BCUT2D eigenvalue weighted by Gasteiger charge is -2.13. The Hall–Kier alpha value is -2.40. The fraction of sp³-hybridized carbons (Fsp3) is 0.333. The van der Waals surface area contributed by atoms with E-state index in [2.05, 4.69) is 17.4 Å². The molecule has 2 aromatic rings. The summed E-state index contributed by atoms with van der Waals surface area (Å²) in [6, 6.07) is 11.9. The average molecular weight is 318 g/mol. The van der Waals surface area contributed by atoms with Crippen LogP contribution in [0.5, 0.6) is 23.0 Å². The highest BCUT2D eigenvalue weighted by atomic mass is 16.5. The summed E-state index contributed by atoms with van der Waals surface area (Å²) < 4.78 is 21.3. The van der Waals surface area contributed by atoms with E-state index in [4.69, 9.17) is 18.9 Å². The van der Waals surface area contributed by atoms with Crippen LogP contribution in [0.15, 0.2) is 36.4 Å². The summed E-state index contributed by atoms with van der Waals surface area (Å²) in [6.45, 7) is 1.66. The van der Waals surface area contributed by atoms with E-state index in [1.165, 1.54) is 5.56 Å². The average Bonchev–Trinajstić information content (AvgIpc) is 2.61. The zero-order chi connectivity index (χ0) is 16.7. The first-order valence-corrected chi connectivity index (χ1v) is 7.45.